The van der Waals surface area contributed by atoms with Crippen LogP contribution >= 0.6 is 0 Å². The van der Waals surface area contributed by atoms with Gasteiger partial charge in [0, 0.05) is 26.2 Å². The van der Waals surface area contributed by atoms with Crippen molar-refractivity contribution >= 4 is 14.9 Å². The molecule has 0 amide bonds. The summed E-state index contributed by atoms with van der Waals surface area (Å²) in [6.07, 6.45) is 0. The number of aliphatic imine (C=N–C) groups is 1. The van der Waals surface area contributed by atoms with E-state index in [9.17, 15) is 8.42 Å². The Bertz CT molecular complexity index is 406. The van der Waals surface area contributed by atoms with Gasteiger partial charge < -0.3 is 11.1 Å². The zero-order valence-corrected chi connectivity index (χ0v) is 9.13. The second-order valence-electron chi connectivity index (χ2n) is 3.62. The molecule has 0 unspecified atom stereocenters. The van der Waals surface area contributed by atoms with E-state index in [0.717, 1.165) is 31.6 Å². The van der Waals surface area contributed by atoms with Crippen molar-refractivity contribution in [2.45, 2.75) is 0 Å². The number of rotatable bonds is 2. The van der Waals surface area contributed by atoms with E-state index in [4.69, 9.17) is 5.73 Å². The Morgan fingerprint density at radius 2 is 2.13 bits per heavy atom. The largest absolute Gasteiger partial charge is 0.383 e. The van der Waals surface area contributed by atoms with Crippen LogP contribution in [0.2, 0.25) is 0 Å². The van der Waals surface area contributed by atoms with Crippen LogP contribution in [0.15, 0.2) is 16.2 Å². The number of nitrogens with one attached hydrogen (secondary N) is 1. The Kier molecular flexibility index (Phi) is 2.76. The van der Waals surface area contributed by atoms with Gasteiger partial charge in [-0.15, -0.1) is 0 Å². The van der Waals surface area contributed by atoms with Gasteiger partial charge >= 0.3 is 0 Å². The van der Waals surface area contributed by atoms with Crippen LogP contribution in [-0.4, -0.2) is 51.1 Å². The molecule has 0 spiro atoms. The standard InChI is InChI=1S/C8H14N4O2S/c9-7-6-15(13,14)8(11-7)5-12-3-1-10-2-4-12/h6,10H,1-5,9H2. The highest BCUT2D eigenvalue weighted by Crippen LogP contribution is 2.11. The monoisotopic (exact) mass is 230 g/mol. The zero-order valence-electron chi connectivity index (χ0n) is 8.31. The van der Waals surface area contributed by atoms with E-state index in [1.165, 1.54) is 0 Å². The van der Waals surface area contributed by atoms with Gasteiger partial charge in [-0.05, 0) is 0 Å². The van der Waals surface area contributed by atoms with Crippen molar-refractivity contribution in [3.8, 4) is 0 Å². The molecule has 2 heterocycles. The predicted octanol–water partition coefficient (Wildman–Crippen LogP) is -1.52. The van der Waals surface area contributed by atoms with Crippen molar-refractivity contribution in [2.24, 2.45) is 10.7 Å². The van der Waals surface area contributed by atoms with Gasteiger partial charge in [0.2, 0.25) is 9.84 Å². The summed E-state index contributed by atoms with van der Waals surface area (Å²) in [5.41, 5.74) is 5.37. The Morgan fingerprint density at radius 3 is 2.67 bits per heavy atom. The molecule has 15 heavy (non-hydrogen) atoms. The molecule has 6 nitrogen and oxygen atoms in total. The highest BCUT2D eigenvalue weighted by Gasteiger charge is 2.26. The smallest absolute Gasteiger partial charge is 0.218 e. The first-order chi connectivity index (χ1) is 7.08. The third-order valence-corrected chi connectivity index (χ3v) is 3.86. The minimum atomic E-state index is -3.33. The molecular formula is C8H14N4O2S. The quantitative estimate of drug-likeness (QED) is 0.601. The highest BCUT2D eigenvalue weighted by atomic mass is 32.2. The Morgan fingerprint density at radius 1 is 1.47 bits per heavy atom. The summed E-state index contributed by atoms with van der Waals surface area (Å²) in [7, 11) is -3.33. The zero-order chi connectivity index (χ0) is 10.9. The molecule has 0 aromatic carbocycles. The van der Waals surface area contributed by atoms with Crippen molar-refractivity contribution < 1.29 is 8.42 Å². The SMILES string of the molecule is NC1=CS(=O)(=O)C(CN2CCNCC2)=N1. The molecule has 0 aromatic rings. The molecule has 2 rings (SSSR count). The Labute approximate surface area is 88.8 Å². The van der Waals surface area contributed by atoms with Gasteiger partial charge in [0.15, 0.2) is 5.04 Å². The fourth-order valence-corrected chi connectivity index (χ4v) is 2.75. The second kappa shape index (κ2) is 3.92. The number of nitrogens with two attached hydrogens (primary N) is 1. The molecule has 2 aliphatic rings. The Hall–Kier alpha value is -0.920. The lowest BCUT2D eigenvalue weighted by Crippen LogP contribution is -2.46. The normalized spacial score (nSPS) is 26.1. The molecule has 0 atom stereocenters. The molecule has 1 fully saturated rings. The molecule has 0 bridgehead atoms. The van der Waals surface area contributed by atoms with Crippen LogP contribution in [0.1, 0.15) is 0 Å². The lowest BCUT2D eigenvalue weighted by Gasteiger charge is -2.26. The highest BCUT2D eigenvalue weighted by molar-refractivity contribution is 8.09. The van der Waals surface area contributed by atoms with E-state index in [1.54, 1.807) is 0 Å². The van der Waals surface area contributed by atoms with Gasteiger partial charge in [0.1, 0.15) is 5.82 Å². The first-order valence-corrected chi connectivity index (χ1v) is 6.35. The van der Waals surface area contributed by atoms with Crippen LogP contribution in [0, 0.1) is 0 Å². The molecule has 0 aliphatic carbocycles. The van der Waals surface area contributed by atoms with E-state index in [1.807, 2.05) is 0 Å². The summed E-state index contributed by atoms with van der Waals surface area (Å²) in [4.78, 5) is 5.90. The van der Waals surface area contributed by atoms with Crippen molar-refractivity contribution in [3.63, 3.8) is 0 Å². The maximum Gasteiger partial charge on any atom is 0.218 e. The fraction of sp³-hybridized carbons (Fsp3) is 0.625. The summed E-state index contributed by atoms with van der Waals surface area (Å²) in [6, 6.07) is 0. The van der Waals surface area contributed by atoms with E-state index in [2.05, 4.69) is 15.2 Å². The molecule has 3 N–H and O–H groups in total. The predicted molar refractivity (Wildman–Crippen MR) is 57.9 cm³/mol. The second-order valence-corrected chi connectivity index (χ2v) is 5.42. The van der Waals surface area contributed by atoms with Crippen molar-refractivity contribution in [3.05, 3.63) is 11.2 Å². The van der Waals surface area contributed by atoms with E-state index >= 15 is 0 Å². The molecule has 1 saturated heterocycles. The van der Waals surface area contributed by atoms with E-state index in [-0.39, 0.29) is 10.9 Å². The summed E-state index contributed by atoms with van der Waals surface area (Å²) < 4.78 is 23.0. The average molecular weight is 230 g/mol. The van der Waals surface area contributed by atoms with Gasteiger partial charge in [-0.25, -0.2) is 13.4 Å². The third-order valence-electron chi connectivity index (χ3n) is 2.43. The van der Waals surface area contributed by atoms with Crippen LogP contribution in [0.25, 0.3) is 0 Å². The summed E-state index contributed by atoms with van der Waals surface area (Å²) >= 11 is 0. The van der Waals surface area contributed by atoms with Gasteiger partial charge in [0.05, 0.1) is 12.0 Å². The first-order valence-electron chi connectivity index (χ1n) is 4.81. The first kappa shape index (κ1) is 10.6. The van der Waals surface area contributed by atoms with Crippen molar-refractivity contribution in [1.82, 2.24) is 10.2 Å². The van der Waals surface area contributed by atoms with Gasteiger partial charge in [-0.2, -0.15) is 0 Å². The number of hydrogen-bond acceptors (Lipinski definition) is 6. The van der Waals surface area contributed by atoms with Crippen LogP contribution in [0.5, 0.6) is 0 Å². The van der Waals surface area contributed by atoms with E-state index < -0.39 is 9.84 Å². The van der Waals surface area contributed by atoms with Crippen molar-refractivity contribution in [2.75, 3.05) is 32.7 Å². The minimum Gasteiger partial charge on any atom is -0.383 e. The maximum atomic E-state index is 11.5. The number of hydrogen-bond donors (Lipinski definition) is 2. The molecule has 2 aliphatic heterocycles. The molecule has 7 heteroatoms. The third kappa shape index (κ3) is 2.36. The maximum absolute atomic E-state index is 11.5. The number of sulfone groups is 1. The van der Waals surface area contributed by atoms with E-state index in [0.29, 0.717) is 6.54 Å². The summed E-state index contributed by atoms with van der Waals surface area (Å²) in [6.45, 7) is 3.82. The van der Waals surface area contributed by atoms with Crippen molar-refractivity contribution in [1.29, 1.82) is 0 Å². The molecule has 84 valence electrons. The Balaban J connectivity index is 2.04. The lowest BCUT2D eigenvalue weighted by molar-refractivity contribution is 0.273. The topological polar surface area (TPSA) is 87.8 Å². The van der Waals surface area contributed by atoms with Gasteiger partial charge in [-0.3, -0.25) is 4.90 Å². The molecule has 0 radical (unpaired) electrons. The van der Waals surface area contributed by atoms with Crippen LogP contribution in [0.3, 0.4) is 0 Å². The number of piperazine rings is 1. The molecule has 0 aromatic heterocycles. The lowest BCUT2D eigenvalue weighted by atomic mass is 10.4. The average Bonchev–Trinajstić information content (AvgIpc) is 2.41. The minimum absolute atomic E-state index is 0.0835. The number of nitrogens with zero attached hydrogens (tertiary/aromatic N) is 2. The summed E-state index contributed by atoms with van der Waals surface area (Å²) in [5, 5.41) is 4.39. The van der Waals surface area contributed by atoms with Gasteiger partial charge in [0.25, 0.3) is 0 Å². The van der Waals surface area contributed by atoms with Crippen LogP contribution in [0.4, 0.5) is 0 Å². The van der Waals surface area contributed by atoms with Crippen LogP contribution in [-0.2, 0) is 9.84 Å². The fourth-order valence-electron chi connectivity index (χ4n) is 1.65. The van der Waals surface area contributed by atoms with Crippen LogP contribution < -0.4 is 11.1 Å². The molecule has 0 saturated carbocycles. The summed E-state index contributed by atoms with van der Waals surface area (Å²) in [5.74, 6) is 0.0835. The molecular weight excluding hydrogens is 216 g/mol. The van der Waals surface area contributed by atoms with Gasteiger partial charge in [-0.1, -0.05) is 0 Å².